The third-order valence-corrected chi connectivity index (χ3v) is 3.90. The number of nitrogens with zero attached hydrogens (tertiary/aromatic N) is 1. The zero-order chi connectivity index (χ0) is 15.6. The van der Waals surface area contributed by atoms with Crippen molar-refractivity contribution in [3.8, 4) is 0 Å². The van der Waals surface area contributed by atoms with E-state index in [1.165, 1.54) is 0 Å². The molecule has 1 amide bonds. The number of aryl methyl sites for hydroxylation is 1. The number of aromatic amines is 1. The second-order valence-electron chi connectivity index (χ2n) is 4.41. The number of nitrogen functional groups attached to an aromatic ring is 1. The van der Waals surface area contributed by atoms with Crippen molar-refractivity contribution in [1.29, 1.82) is 0 Å². The van der Waals surface area contributed by atoms with Crippen LogP contribution in [-0.2, 0) is 6.42 Å². The number of benzene rings is 1. The van der Waals surface area contributed by atoms with Crippen LogP contribution in [-0.4, -0.2) is 16.1 Å². The van der Waals surface area contributed by atoms with Crippen molar-refractivity contribution in [2.45, 2.75) is 19.8 Å². The summed E-state index contributed by atoms with van der Waals surface area (Å²) in [6.45, 7) is 2.02. The van der Waals surface area contributed by atoms with Gasteiger partial charge in [0.1, 0.15) is 0 Å². The van der Waals surface area contributed by atoms with E-state index >= 15 is 0 Å². The summed E-state index contributed by atoms with van der Waals surface area (Å²) >= 11 is 15.4. The molecule has 21 heavy (non-hydrogen) atoms. The summed E-state index contributed by atoms with van der Waals surface area (Å²) in [5, 5.41) is 10.0. The molecular weight excluding hydrogens is 379 g/mol. The molecule has 4 N–H and O–H groups in total. The molecule has 0 atom stereocenters. The number of anilines is 2. The van der Waals surface area contributed by atoms with E-state index in [0.29, 0.717) is 21.4 Å². The number of nitrogens with one attached hydrogen (secondary N) is 2. The zero-order valence-electron chi connectivity index (χ0n) is 11.1. The smallest absolute Gasteiger partial charge is 0.278 e. The summed E-state index contributed by atoms with van der Waals surface area (Å²) in [7, 11) is 0. The van der Waals surface area contributed by atoms with Gasteiger partial charge in [-0.05, 0) is 18.6 Å². The Morgan fingerprint density at radius 2 is 2.05 bits per heavy atom. The van der Waals surface area contributed by atoms with Gasteiger partial charge in [-0.2, -0.15) is 5.10 Å². The number of carbonyl (C=O) groups excluding carboxylic acids is 1. The number of rotatable bonds is 4. The highest BCUT2D eigenvalue weighted by atomic mass is 79.9. The Balaban J connectivity index is 2.27. The molecule has 1 aromatic heterocycles. The van der Waals surface area contributed by atoms with Crippen LogP contribution in [0.5, 0.6) is 0 Å². The van der Waals surface area contributed by atoms with Crippen LogP contribution in [0.3, 0.4) is 0 Å². The lowest BCUT2D eigenvalue weighted by Crippen LogP contribution is -2.15. The lowest BCUT2D eigenvalue weighted by molar-refractivity contribution is 0.102. The summed E-state index contributed by atoms with van der Waals surface area (Å²) in [4.78, 5) is 12.2. The minimum absolute atomic E-state index is 0.133. The molecule has 0 radical (unpaired) electrons. The predicted octanol–water partition coefficient (Wildman–Crippen LogP) is 4.27. The van der Waals surface area contributed by atoms with Crippen molar-refractivity contribution in [3.63, 3.8) is 0 Å². The number of amides is 1. The minimum Gasteiger partial charge on any atom is -0.395 e. The molecule has 0 aliphatic heterocycles. The molecule has 0 fully saturated rings. The Morgan fingerprint density at radius 3 is 2.62 bits per heavy atom. The Bertz CT molecular complexity index is 664. The maximum atomic E-state index is 12.2. The summed E-state index contributed by atoms with van der Waals surface area (Å²) in [6, 6.07) is 3.28. The first-order valence-electron chi connectivity index (χ1n) is 6.22. The zero-order valence-corrected chi connectivity index (χ0v) is 14.2. The molecule has 0 saturated carbocycles. The first kappa shape index (κ1) is 16.1. The van der Waals surface area contributed by atoms with Gasteiger partial charge in [0.2, 0.25) is 0 Å². The molecule has 0 saturated heterocycles. The molecule has 1 aromatic carbocycles. The number of hydrogen-bond donors (Lipinski definition) is 3. The minimum atomic E-state index is -0.461. The second-order valence-corrected chi connectivity index (χ2v) is 6.14. The summed E-state index contributed by atoms with van der Waals surface area (Å²) in [6.07, 6.45) is 1.63. The van der Waals surface area contributed by atoms with Crippen molar-refractivity contribution in [2.75, 3.05) is 11.1 Å². The first-order chi connectivity index (χ1) is 9.93. The molecule has 0 spiro atoms. The van der Waals surface area contributed by atoms with Gasteiger partial charge in [0, 0.05) is 4.47 Å². The number of aromatic nitrogens is 2. The fourth-order valence-corrected chi connectivity index (χ4v) is 3.14. The van der Waals surface area contributed by atoms with Crippen molar-refractivity contribution in [1.82, 2.24) is 10.2 Å². The van der Waals surface area contributed by atoms with Crippen LogP contribution in [0.4, 0.5) is 11.4 Å². The van der Waals surface area contributed by atoms with Crippen LogP contribution in [0.1, 0.15) is 29.5 Å². The van der Waals surface area contributed by atoms with Crippen molar-refractivity contribution in [2.24, 2.45) is 0 Å². The van der Waals surface area contributed by atoms with Crippen molar-refractivity contribution in [3.05, 3.63) is 38.0 Å². The van der Waals surface area contributed by atoms with Gasteiger partial charge in [0.25, 0.3) is 5.91 Å². The molecule has 2 aromatic rings. The summed E-state index contributed by atoms with van der Waals surface area (Å²) < 4.78 is 0.722. The quantitative estimate of drug-likeness (QED) is 0.727. The van der Waals surface area contributed by atoms with E-state index in [-0.39, 0.29) is 5.69 Å². The molecule has 0 aliphatic rings. The Hall–Kier alpha value is -1.24. The number of halogens is 3. The van der Waals surface area contributed by atoms with Gasteiger partial charge in [-0.15, -0.1) is 0 Å². The fraction of sp³-hybridized carbons (Fsp3) is 0.231. The normalized spacial score (nSPS) is 10.7. The number of nitrogens with two attached hydrogens (primary N) is 1. The van der Waals surface area contributed by atoms with Gasteiger partial charge >= 0.3 is 0 Å². The number of H-pyrrole nitrogens is 1. The molecule has 0 unspecified atom stereocenters. The average molecular weight is 392 g/mol. The van der Waals surface area contributed by atoms with Crippen LogP contribution < -0.4 is 11.1 Å². The molecule has 112 valence electrons. The highest BCUT2D eigenvalue weighted by Crippen LogP contribution is 2.34. The van der Waals surface area contributed by atoms with E-state index in [1.54, 1.807) is 12.1 Å². The van der Waals surface area contributed by atoms with E-state index < -0.39 is 5.91 Å². The molecule has 8 heteroatoms. The average Bonchev–Trinajstić information content (AvgIpc) is 2.76. The number of carbonyl (C=O) groups is 1. The van der Waals surface area contributed by atoms with Crippen molar-refractivity contribution < 1.29 is 4.79 Å². The van der Waals surface area contributed by atoms with E-state index in [9.17, 15) is 4.79 Å². The van der Waals surface area contributed by atoms with Gasteiger partial charge in [-0.25, -0.2) is 0 Å². The third kappa shape index (κ3) is 3.51. The lowest BCUT2D eigenvalue weighted by atomic mass is 10.2. The highest BCUT2D eigenvalue weighted by Gasteiger charge is 2.19. The maximum absolute atomic E-state index is 12.2. The monoisotopic (exact) mass is 390 g/mol. The van der Waals surface area contributed by atoms with Crippen LogP contribution in [0.15, 0.2) is 16.6 Å². The van der Waals surface area contributed by atoms with Crippen molar-refractivity contribution >= 4 is 56.4 Å². The molecule has 0 aliphatic carbocycles. The van der Waals surface area contributed by atoms with Crippen LogP contribution in [0, 0.1) is 0 Å². The largest absolute Gasteiger partial charge is 0.395 e. The van der Waals surface area contributed by atoms with E-state index in [4.69, 9.17) is 28.9 Å². The van der Waals surface area contributed by atoms with Crippen LogP contribution >= 0.6 is 39.1 Å². The van der Waals surface area contributed by atoms with E-state index in [2.05, 4.69) is 31.4 Å². The fourth-order valence-electron chi connectivity index (χ4n) is 1.83. The van der Waals surface area contributed by atoms with E-state index in [1.807, 2.05) is 6.92 Å². The topological polar surface area (TPSA) is 83.8 Å². The molecule has 5 nitrogen and oxygen atoms in total. The van der Waals surface area contributed by atoms with Gasteiger partial charge in [-0.3, -0.25) is 9.89 Å². The molecular formula is C13H13BrCl2N4O. The van der Waals surface area contributed by atoms with Crippen LogP contribution in [0.2, 0.25) is 10.0 Å². The Labute approximate surface area is 140 Å². The van der Waals surface area contributed by atoms with Gasteiger partial charge < -0.3 is 11.1 Å². The lowest BCUT2D eigenvalue weighted by Gasteiger charge is -2.09. The van der Waals surface area contributed by atoms with E-state index in [0.717, 1.165) is 23.0 Å². The Kier molecular flexibility index (Phi) is 5.13. The maximum Gasteiger partial charge on any atom is 0.278 e. The first-order valence-corrected chi connectivity index (χ1v) is 7.77. The Morgan fingerprint density at radius 1 is 1.43 bits per heavy atom. The molecule has 0 bridgehead atoms. The molecule has 2 rings (SSSR count). The molecule has 1 heterocycles. The van der Waals surface area contributed by atoms with Gasteiger partial charge in [-0.1, -0.05) is 52.5 Å². The summed E-state index contributed by atoms with van der Waals surface area (Å²) in [5.41, 5.74) is 7.47. The number of hydrogen-bond acceptors (Lipinski definition) is 3. The predicted molar refractivity (Wildman–Crippen MR) is 89.1 cm³/mol. The second kappa shape index (κ2) is 6.68. The highest BCUT2D eigenvalue weighted by molar-refractivity contribution is 9.10. The SMILES string of the molecule is CCCc1[nH]nc(C(=O)Nc2c(Cl)cc(Br)cc2Cl)c1N. The van der Waals surface area contributed by atoms with Gasteiger partial charge in [0.15, 0.2) is 5.69 Å². The standard InChI is InChI=1S/C13H13BrCl2N4O/c1-2-3-9-10(17)12(20-19-9)13(21)18-11-7(15)4-6(14)5-8(11)16/h4-5H,2-3,17H2,1H3,(H,18,21)(H,19,20). The van der Waals surface area contributed by atoms with Crippen LogP contribution in [0.25, 0.3) is 0 Å². The third-order valence-electron chi connectivity index (χ3n) is 2.84. The van der Waals surface area contributed by atoms with Gasteiger partial charge in [0.05, 0.1) is 27.1 Å². The summed E-state index contributed by atoms with van der Waals surface area (Å²) in [5.74, 6) is -0.461.